The van der Waals surface area contributed by atoms with E-state index >= 15 is 0 Å². The van der Waals surface area contributed by atoms with Gasteiger partial charge in [-0.1, -0.05) is 6.42 Å². The lowest BCUT2D eigenvalue weighted by atomic mass is 9.88. The number of nitrogens with zero attached hydrogens (tertiary/aromatic N) is 2. The molecule has 4 rings (SSSR count). The Morgan fingerprint density at radius 2 is 2.07 bits per heavy atom. The summed E-state index contributed by atoms with van der Waals surface area (Å²) in [6.07, 6.45) is 3.40. The number of hydrazine groups is 1. The van der Waals surface area contributed by atoms with Gasteiger partial charge in [0.15, 0.2) is 0 Å². The average molecular weight is 385 g/mol. The van der Waals surface area contributed by atoms with Crippen LogP contribution in [0.3, 0.4) is 0 Å². The van der Waals surface area contributed by atoms with Crippen molar-refractivity contribution in [3.05, 3.63) is 0 Å². The first-order chi connectivity index (χ1) is 13.2. The van der Waals surface area contributed by atoms with E-state index in [1.165, 1.54) is 0 Å². The van der Waals surface area contributed by atoms with E-state index in [4.69, 9.17) is 9.57 Å². The average Bonchev–Trinajstić information content (AvgIpc) is 3.32. The number of amides is 1. The summed E-state index contributed by atoms with van der Waals surface area (Å²) < 4.78 is 18.9. The molecule has 0 radical (unpaired) electrons. The molecule has 8 nitrogen and oxygen atoms in total. The molecule has 0 aromatic carbocycles. The number of rotatable bonds is 5. The van der Waals surface area contributed by atoms with Crippen molar-refractivity contribution < 1.29 is 18.8 Å². The normalized spacial score (nSPS) is 38.9. The molecule has 4 fully saturated rings. The summed E-state index contributed by atoms with van der Waals surface area (Å²) in [4.78, 5) is 20.4. The summed E-state index contributed by atoms with van der Waals surface area (Å²) in [6.45, 7) is 5.44. The van der Waals surface area contributed by atoms with Crippen molar-refractivity contribution in [3.8, 4) is 0 Å². The summed E-state index contributed by atoms with van der Waals surface area (Å²) in [6, 6.07) is -0.246. The Morgan fingerprint density at radius 3 is 2.89 bits per heavy atom. The van der Waals surface area contributed by atoms with Crippen molar-refractivity contribution in [3.63, 3.8) is 0 Å². The van der Waals surface area contributed by atoms with Gasteiger partial charge in [-0.05, 0) is 25.2 Å². The van der Waals surface area contributed by atoms with Crippen LogP contribution >= 0.6 is 0 Å². The lowest BCUT2D eigenvalue weighted by Gasteiger charge is -2.30. The molecule has 3 saturated heterocycles. The monoisotopic (exact) mass is 385 g/mol. The quantitative estimate of drug-likeness (QED) is 0.604. The maximum Gasteiger partial charge on any atom is 0.239 e. The van der Waals surface area contributed by atoms with Gasteiger partial charge in [0, 0.05) is 39.1 Å². The minimum atomic E-state index is -0.644. The van der Waals surface area contributed by atoms with Gasteiger partial charge in [-0.25, -0.2) is 9.40 Å². The molecule has 0 bridgehead atoms. The van der Waals surface area contributed by atoms with Gasteiger partial charge in [0.1, 0.15) is 18.4 Å². The highest BCUT2D eigenvalue weighted by atomic mass is 19.1. The molecule has 9 heteroatoms. The number of carbonyl (C=O) groups is 1. The predicted molar refractivity (Wildman–Crippen MR) is 97.2 cm³/mol. The van der Waals surface area contributed by atoms with Gasteiger partial charge in [-0.3, -0.25) is 20.0 Å². The van der Waals surface area contributed by atoms with Crippen LogP contribution in [0.5, 0.6) is 0 Å². The Hall–Kier alpha value is -0.840. The van der Waals surface area contributed by atoms with Crippen molar-refractivity contribution in [1.82, 2.24) is 26.1 Å². The van der Waals surface area contributed by atoms with Crippen molar-refractivity contribution in [2.24, 2.45) is 5.92 Å². The van der Waals surface area contributed by atoms with Crippen LogP contribution in [0.25, 0.3) is 0 Å². The first-order valence-corrected chi connectivity index (χ1v) is 10.3. The van der Waals surface area contributed by atoms with Gasteiger partial charge in [0.2, 0.25) is 5.91 Å². The summed E-state index contributed by atoms with van der Waals surface area (Å²) in [7, 11) is 0. The zero-order valence-corrected chi connectivity index (χ0v) is 15.9. The molecule has 0 spiro atoms. The number of nitrogens with one attached hydrogen (secondary N) is 3. The third-order valence-corrected chi connectivity index (χ3v) is 6.10. The molecule has 4 aliphatic rings. The molecular formula is C18H32FN5O3. The van der Waals surface area contributed by atoms with E-state index in [-0.39, 0.29) is 24.2 Å². The zero-order valence-electron chi connectivity index (χ0n) is 15.9. The maximum atomic E-state index is 13.6. The van der Waals surface area contributed by atoms with Gasteiger partial charge >= 0.3 is 0 Å². The molecule has 1 amide bonds. The highest BCUT2D eigenvalue weighted by Gasteiger charge is 2.36. The number of halogens is 1. The number of hydroxylamine groups is 1. The second kappa shape index (κ2) is 9.11. The highest BCUT2D eigenvalue weighted by Crippen LogP contribution is 2.27. The third kappa shape index (κ3) is 5.16. The van der Waals surface area contributed by atoms with Crippen LogP contribution < -0.4 is 16.2 Å². The van der Waals surface area contributed by atoms with E-state index in [0.717, 1.165) is 45.6 Å². The van der Waals surface area contributed by atoms with E-state index in [9.17, 15) is 9.18 Å². The van der Waals surface area contributed by atoms with Gasteiger partial charge in [0.05, 0.1) is 19.3 Å². The molecule has 154 valence electrons. The van der Waals surface area contributed by atoms with E-state index in [2.05, 4.69) is 26.1 Å². The maximum absolute atomic E-state index is 13.6. The lowest BCUT2D eigenvalue weighted by Crippen LogP contribution is -2.47. The Morgan fingerprint density at radius 1 is 1.22 bits per heavy atom. The van der Waals surface area contributed by atoms with Gasteiger partial charge in [-0.15, -0.1) is 0 Å². The van der Waals surface area contributed by atoms with Crippen LogP contribution in [-0.2, 0) is 14.4 Å². The van der Waals surface area contributed by atoms with Crippen LogP contribution in [0, 0.1) is 5.92 Å². The molecule has 0 aromatic rings. The lowest BCUT2D eigenvalue weighted by molar-refractivity contribution is -0.126. The molecule has 5 unspecified atom stereocenters. The topological polar surface area (TPSA) is 78.1 Å². The van der Waals surface area contributed by atoms with Crippen LogP contribution in [0.15, 0.2) is 0 Å². The van der Waals surface area contributed by atoms with Crippen molar-refractivity contribution in [2.45, 2.75) is 56.6 Å². The van der Waals surface area contributed by atoms with Crippen LogP contribution in [0.1, 0.15) is 32.1 Å². The Labute approximate surface area is 160 Å². The second-order valence-corrected chi connectivity index (χ2v) is 8.23. The van der Waals surface area contributed by atoms with E-state index in [1.54, 1.807) is 0 Å². The second-order valence-electron chi connectivity index (χ2n) is 8.23. The number of morpholine rings is 1. The van der Waals surface area contributed by atoms with Crippen molar-refractivity contribution >= 4 is 5.91 Å². The van der Waals surface area contributed by atoms with Gasteiger partial charge in [-0.2, -0.15) is 5.48 Å². The Kier molecular flexibility index (Phi) is 6.57. The minimum absolute atomic E-state index is 0.0131. The number of hydrogen-bond acceptors (Lipinski definition) is 7. The SMILES string of the molecule is O=C(NC1CNN(CC2CCCC(F)C2)C1)C1CC(N2CCOCC2)ON1. The van der Waals surface area contributed by atoms with E-state index < -0.39 is 6.17 Å². The fourth-order valence-electron chi connectivity index (χ4n) is 4.58. The molecule has 3 heterocycles. The summed E-state index contributed by atoms with van der Waals surface area (Å²) in [5.41, 5.74) is 6.24. The summed E-state index contributed by atoms with van der Waals surface area (Å²) >= 11 is 0. The summed E-state index contributed by atoms with van der Waals surface area (Å²) in [5, 5.41) is 5.26. The molecule has 0 aromatic heterocycles. The molecule has 3 N–H and O–H groups in total. The highest BCUT2D eigenvalue weighted by molar-refractivity contribution is 5.82. The fourth-order valence-corrected chi connectivity index (χ4v) is 4.58. The minimum Gasteiger partial charge on any atom is -0.379 e. The molecule has 1 saturated carbocycles. The first kappa shape index (κ1) is 19.5. The number of carbonyl (C=O) groups excluding carboxylic acids is 1. The first-order valence-electron chi connectivity index (χ1n) is 10.3. The standard InChI is InChI=1S/C18H32FN5O3/c19-14-3-1-2-13(8-14)11-24-12-15(10-20-24)21-18(25)16-9-17(27-22-16)23-4-6-26-7-5-23/h13-17,20,22H,1-12H2,(H,21,25). The molecular weight excluding hydrogens is 353 g/mol. The van der Waals surface area contributed by atoms with E-state index in [0.29, 0.717) is 38.4 Å². The van der Waals surface area contributed by atoms with Crippen molar-refractivity contribution in [2.75, 3.05) is 45.9 Å². The number of ether oxygens (including phenoxy) is 1. The largest absolute Gasteiger partial charge is 0.379 e. The van der Waals surface area contributed by atoms with Gasteiger partial charge in [0.25, 0.3) is 0 Å². The van der Waals surface area contributed by atoms with Gasteiger partial charge < -0.3 is 10.1 Å². The van der Waals surface area contributed by atoms with Crippen LogP contribution in [0.4, 0.5) is 4.39 Å². The third-order valence-electron chi connectivity index (χ3n) is 6.10. The predicted octanol–water partition coefficient (Wildman–Crippen LogP) is -0.228. The van der Waals surface area contributed by atoms with Crippen LogP contribution in [-0.4, -0.2) is 86.2 Å². The molecule has 27 heavy (non-hydrogen) atoms. The molecule has 1 aliphatic carbocycles. The fraction of sp³-hybridized carbons (Fsp3) is 0.944. The number of hydrogen-bond donors (Lipinski definition) is 3. The molecule has 3 aliphatic heterocycles. The van der Waals surface area contributed by atoms with Crippen molar-refractivity contribution in [1.29, 1.82) is 0 Å². The van der Waals surface area contributed by atoms with E-state index in [1.807, 2.05) is 0 Å². The number of alkyl halides is 1. The summed E-state index contributed by atoms with van der Waals surface area (Å²) in [5.74, 6) is 0.399. The zero-order chi connectivity index (χ0) is 18.6. The van der Waals surface area contributed by atoms with Crippen LogP contribution in [0.2, 0.25) is 0 Å². The Bertz CT molecular complexity index is 507. The smallest absolute Gasteiger partial charge is 0.239 e. The Balaban J connectivity index is 1.18. The molecule has 5 atom stereocenters.